The number of allylic oxidation sites excluding steroid dienone is 2. The fraction of sp³-hybridized carbons (Fsp3) is 0.280. The Balaban J connectivity index is 1.40. The molecule has 2 aliphatic heterocycles. The molecule has 0 unspecified atom stereocenters. The van der Waals surface area contributed by atoms with Gasteiger partial charge in [0.25, 0.3) is 5.95 Å². The van der Waals surface area contributed by atoms with E-state index in [1.807, 2.05) is 60.7 Å². The second-order valence-electron chi connectivity index (χ2n) is 8.90. The van der Waals surface area contributed by atoms with Crippen LogP contribution in [0.15, 0.2) is 60.7 Å². The number of hydrogen-bond acceptors (Lipinski definition) is 5. The second-order valence-corrected chi connectivity index (χ2v) is 9.77. The summed E-state index contributed by atoms with van der Waals surface area (Å²) in [7, 11) is 0. The Labute approximate surface area is 206 Å². The number of amides is 2. The lowest BCUT2D eigenvalue weighted by Crippen LogP contribution is -2.32. The van der Waals surface area contributed by atoms with Crippen molar-refractivity contribution in [2.75, 3.05) is 10.2 Å². The molecule has 3 aliphatic rings. The maximum Gasteiger partial charge on any atom is 0.260 e. The third kappa shape index (κ3) is 3.51. The van der Waals surface area contributed by atoms with E-state index in [0.717, 1.165) is 11.1 Å². The van der Waals surface area contributed by atoms with Crippen LogP contribution in [0.25, 0.3) is 0 Å². The molecule has 4 atom stereocenters. The zero-order valence-electron chi connectivity index (χ0n) is 18.1. The molecule has 9 heteroatoms. The van der Waals surface area contributed by atoms with Crippen LogP contribution in [-0.4, -0.2) is 26.6 Å². The molecule has 1 aliphatic carbocycles. The van der Waals surface area contributed by atoms with E-state index < -0.39 is 0 Å². The zero-order chi connectivity index (χ0) is 23.4. The van der Waals surface area contributed by atoms with E-state index in [-0.39, 0.29) is 41.7 Å². The van der Waals surface area contributed by atoms with Gasteiger partial charge in [0.15, 0.2) is 0 Å². The maximum absolute atomic E-state index is 13.1. The smallest absolute Gasteiger partial charge is 0.260 e. The van der Waals surface area contributed by atoms with Crippen LogP contribution < -0.4 is 10.2 Å². The molecule has 1 fully saturated rings. The molecule has 3 heterocycles. The van der Waals surface area contributed by atoms with E-state index in [9.17, 15) is 9.59 Å². The summed E-state index contributed by atoms with van der Waals surface area (Å²) in [5.41, 5.74) is 2.07. The van der Waals surface area contributed by atoms with Gasteiger partial charge in [-0.25, -0.2) is 9.58 Å². The van der Waals surface area contributed by atoms with Gasteiger partial charge in [0, 0.05) is 10.0 Å². The number of fused-ring (bicyclic) bond motifs is 2. The van der Waals surface area contributed by atoms with E-state index in [1.165, 1.54) is 4.90 Å². The number of anilines is 2. The molecular weight excluding hydrogens is 473 g/mol. The minimum Gasteiger partial charge on any atom is -0.347 e. The molecule has 3 aromatic rings. The van der Waals surface area contributed by atoms with Crippen LogP contribution >= 0.6 is 23.2 Å². The molecule has 2 aromatic carbocycles. The van der Waals surface area contributed by atoms with E-state index in [1.54, 1.807) is 4.68 Å². The van der Waals surface area contributed by atoms with Crippen LogP contribution in [0.3, 0.4) is 0 Å². The van der Waals surface area contributed by atoms with Gasteiger partial charge >= 0.3 is 0 Å². The van der Waals surface area contributed by atoms with Crippen molar-refractivity contribution in [2.45, 2.75) is 31.3 Å². The Morgan fingerprint density at radius 1 is 0.824 bits per heavy atom. The van der Waals surface area contributed by atoms with Crippen molar-refractivity contribution in [2.24, 2.45) is 11.8 Å². The van der Waals surface area contributed by atoms with Crippen molar-refractivity contribution in [3.05, 3.63) is 81.9 Å². The monoisotopic (exact) mass is 493 g/mol. The number of halogens is 2. The number of hydrogen-bond donors (Lipinski definition) is 1. The fourth-order valence-electron chi connectivity index (χ4n) is 5.13. The molecule has 6 rings (SSSR count). The van der Waals surface area contributed by atoms with Gasteiger partial charge in [-0.1, -0.05) is 59.6 Å². The minimum absolute atomic E-state index is 0.0562. The predicted octanol–water partition coefficient (Wildman–Crippen LogP) is 5.19. The van der Waals surface area contributed by atoms with Gasteiger partial charge < -0.3 is 5.32 Å². The molecule has 1 N–H and O–H groups in total. The van der Waals surface area contributed by atoms with Crippen molar-refractivity contribution in [1.82, 2.24) is 14.8 Å². The van der Waals surface area contributed by atoms with Crippen LogP contribution in [0, 0.1) is 11.8 Å². The first-order chi connectivity index (χ1) is 16.5. The van der Waals surface area contributed by atoms with Crippen LogP contribution in [0.2, 0.25) is 10.0 Å². The molecular formula is C25H21Cl2N5O2. The molecule has 1 aromatic heterocycles. The lowest BCUT2D eigenvalue weighted by atomic mass is 9.85. The number of imide groups is 1. The highest BCUT2D eigenvalue weighted by atomic mass is 35.5. The van der Waals surface area contributed by atoms with Crippen LogP contribution in [0.1, 0.15) is 42.5 Å². The third-order valence-electron chi connectivity index (χ3n) is 6.91. The normalized spacial score (nSPS) is 25.8. The van der Waals surface area contributed by atoms with Crippen molar-refractivity contribution in [3.63, 3.8) is 0 Å². The van der Waals surface area contributed by atoms with Crippen LogP contribution in [0.5, 0.6) is 0 Å². The lowest BCUT2D eigenvalue weighted by molar-refractivity contribution is -0.122. The number of carbonyl (C=O) groups excluding carboxylic acids is 2. The van der Waals surface area contributed by atoms with Crippen molar-refractivity contribution >= 4 is 46.9 Å². The van der Waals surface area contributed by atoms with E-state index >= 15 is 0 Å². The second kappa shape index (κ2) is 8.25. The molecule has 2 amide bonds. The van der Waals surface area contributed by atoms with E-state index in [4.69, 9.17) is 23.2 Å². The fourth-order valence-corrected chi connectivity index (χ4v) is 5.39. The number of benzene rings is 2. The maximum atomic E-state index is 13.1. The topological polar surface area (TPSA) is 80.1 Å². The van der Waals surface area contributed by atoms with E-state index in [0.29, 0.717) is 35.3 Å². The van der Waals surface area contributed by atoms with Gasteiger partial charge in [-0.2, -0.15) is 4.98 Å². The minimum atomic E-state index is -0.333. The molecule has 172 valence electrons. The summed E-state index contributed by atoms with van der Waals surface area (Å²) >= 11 is 12.2. The first-order valence-electron chi connectivity index (χ1n) is 11.3. The number of aromatic nitrogens is 3. The number of nitrogens with one attached hydrogen (secondary N) is 1. The van der Waals surface area contributed by atoms with Crippen molar-refractivity contribution < 1.29 is 9.59 Å². The predicted molar refractivity (Wildman–Crippen MR) is 130 cm³/mol. The van der Waals surface area contributed by atoms with Crippen molar-refractivity contribution in [3.8, 4) is 0 Å². The van der Waals surface area contributed by atoms with Gasteiger partial charge in [-0.3, -0.25) is 9.59 Å². The summed E-state index contributed by atoms with van der Waals surface area (Å²) in [6.07, 6.45) is 5.77. The standard InChI is InChI=1S/C25H21Cl2N5O2/c26-16-9-5-14(6-10-16)20-13-21(15-7-11-17(27)12-8-15)32-24(28-20)29-25(30-32)31-22(33)18-3-1-2-4-19(18)23(31)34/h1-2,5-12,18-21H,3-4,13H2,(H,28,29,30)/t18-,19+,20-,21-/m1/s1. The van der Waals surface area contributed by atoms with Gasteiger partial charge in [0.05, 0.1) is 23.9 Å². The van der Waals surface area contributed by atoms with E-state index in [2.05, 4.69) is 15.4 Å². The Morgan fingerprint density at radius 3 is 1.97 bits per heavy atom. The third-order valence-corrected chi connectivity index (χ3v) is 7.42. The van der Waals surface area contributed by atoms with Crippen molar-refractivity contribution in [1.29, 1.82) is 0 Å². The summed E-state index contributed by atoms with van der Waals surface area (Å²) in [5.74, 6) is -0.476. The average Bonchev–Trinajstić information content (AvgIpc) is 3.38. The van der Waals surface area contributed by atoms with Gasteiger partial charge in [0.2, 0.25) is 17.8 Å². The highest BCUT2D eigenvalue weighted by molar-refractivity contribution is 6.30. The van der Waals surface area contributed by atoms with Gasteiger partial charge in [0.1, 0.15) is 0 Å². The SMILES string of the molecule is O=C1[C@H]2CC=CC[C@H]2C(=O)N1c1nc2n(n1)[C@@H](c1ccc(Cl)cc1)C[C@H](c1ccc(Cl)cc1)N2. The zero-order valence-corrected chi connectivity index (χ0v) is 19.6. The number of carbonyl (C=O) groups is 2. The largest absolute Gasteiger partial charge is 0.347 e. The Morgan fingerprint density at radius 2 is 1.38 bits per heavy atom. The average molecular weight is 494 g/mol. The first kappa shape index (κ1) is 21.4. The molecule has 34 heavy (non-hydrogen) atoms. The van der Waals surface area contributed by atoms with Gasteiger partial charge in [-0.15, -0.1) is 5.10 Å². The summed E-state index contributed by atoms with van der Waals surface area (Å²) in [6, 6.07) is 15.1. The lowest BCUT2D eigenvalue weighted by Gasteiger charge is -2.31. The molecule has 1 saturated heterocycles. The summed E-state index contributed by atoms with van der Waals surface area (Å²) < 4.78 is 1.77. The summed E-state index contributed by atoms with van der Waals surface area (Å²) in [4.78, 5) is 32.0. The first-order valence-corrected chi connectivity index (χ1v) is 12.0. The molecule has 7 nitrogen and oxygen atoms in total. The molecule has 0 saturated carbocycles. The summed E-state index contributed by atoms with van der Waals surface area (Å²) in [6.45, 7) is 0. The molecule has 0 radical (unpaired) electrons. The Bertz CT molecular complexity index is 1280. The Kier molecular flexibility index (Phi) is 5.19. The van der Waals surface area contributed by atoms with Crippen LogP contribution in [-0.2, 0) is 9.59 Å². The highest BCUT2D eigenvalue weighted by Gasteiger charge is 2.49. The highest BCUT2D eigenvalue weighted by Crippen LogP contribution is 2.41. The molecule has 0 spiro atoms. The summed E-state index contributed by atoms with van der Waals surface area (Å²) in [5, 5.41) is 9.42. The van der Waals surface area contributed by atoms with Gasteiger partial charge in [-0.05, 0) is 54.7 Å². The van der Waals surface area contributed by atoms with Crippen LogP contribution in [0.4, 0.5) is 11.9 Å². The molecule has 0 bridgehead atoms. The number of rotatable bonds is 3. The number of nitrogens with zero attached hydrogens (tertiary/aromatic N) is 4. The Hall–Kier alpha value is -3.16. The quantitative estimate of drug-likeness (QED) is 0.401.